The van der Waals surface area contributed by atoms with E-state index in [1.54, 1.807) is 0 Å². The minimum atomic E-state index is 0.141. The number of amides is 1. The molecule has 0 atom stereocenters. The molecule has 1 amide bonds. The average molecular weight is 370 g/mol. The van der Waals surface area contributed by atoms with Crippen LogP contribution in [0, 0.1) is 0 Å². The second kappa shape index (κ2) is 8.37. The summed E-state index contributed by atoms with van der Waals surface area (Å²) in [5.41, 5.74) is 3.57. The second-order valence-corrected chi connectivity index (χ2v) is 6.78. The summed E-state index contributed by atoms with van der Waals surface area (Å²) in [4.78, 5) is 19.6. The number of rotatable bonds is 7. The number of nitrogens with zero attached hydrogens (tertiary/aromatic N) is 3. The number of likely N-dealkylation sites (N-methyl/N-ethyl adjacent to an activating group) is 1. The predicted octanol–water partition coefficient (Wildman–Crippen LogP) is 4.85. The van der Waals surface area contributed by atoms with Gasteiger partial charge in [-0.3, -0.25) is 4.79 Å². The fourth-order valence-corrected chi connectivity index (χ4v) is 3.24. The molecule has 3 rings (SSSR count). The number of halogens is 1. The second-order valence-electron chi connectivity index (χ2n) is 6.35. The number of carbonyl (C=O) groups excluding carboxylic acids is 1. The minimum Gasteiger partial charge on any atom is -0.343 e. The fraction of sp³-hybridized carbons (Fsp3) is 0.333. The molecular formula is C21H24ClN3O. The molecule has 136 valence electrons. The summed E-state index contributed by atoms with van der Waals surface area (Å²) in [6.07, 6.45) is 4.40. The Morgan fingerprint density at radius 3 is 2.62 bits per heavy atom. The summed E-state index contributed by atoms with van der Waals surface area (Å²) in [7, 11) is 0. The lowest BCUT2D eigenvalue weighted by molar-refractivity contribution is -0.130. The zero-order valence-electron chi connectivity index (χ0n) is 15.3. The molecule has 0 aliphatic rings. The largest absolute Gasteiger partial charge is 0.343 e. The average Bonchev–Trinajstić information content (AvgIpc) is 3.01. The molecule has 26 heavy (non-hydrogen) atoms. The van der Waals surface area contributed by atoms with Crippen molar-refractivity contribution < 1.29 is 4.79 Å². The summed E-state index contributed by atoms with van der Waals surface area (Å²) >= 11 is 6.02. The minimum absolute atomic E-state index is 0.141. The summed E-state index contributed by atoms with van der Waals surface area (Å²) in [6.45, 7) is 5.70. The van der Waals surface area contributed by atoms with Crippen LogP contribution >= 0.6 is 11.6 Å². The SMILES string of the molecule is CCCCN(CC)C(=O)Cc1c(-c2ccc(Cl)cc2)nc2ccccn12. The molecule has 4 nitrogen and oxygen atoms in total. The molecule has 0 bridgehead atoms. The number of aromatic nitrogens is 2. The van der Waals surface area contributed by atoms with Crippen LogP contribution in [-0.4, -0.2) is 33.3 Å². The maximum absolute atomic E-state index is 12.9. The molecule has 0 aliphatic heterocycles. The van der Waals surface area contributed by atoms with Gasteiger partial charge in [-0.05, 0) is 37.6 Å². The quantitative estimate of drug-likeness (QED) is 0.597. The highest BCUT2D eigenvalue weighted by Crippen LogP contribution is 2.26. The third kappa shape index (κ3) is 3.91. The summed E-state index contributed by atoms with van der Waals surface area (Å²) in [5.74, 6) is 0.141. The van der Waals surface area contributed by atoms with Gasteiger partial charge >= 0.3 is 0 Å². The van der Waals surface area contributed by atoms with Crippen LogP contribution in [0.5, 0.6) is 0 Å². The Morgan fingerprint density at radius 1 is 1.15 bits per heavy atom. The van der Waals surface area contributed by atoms with Gasteiger partial charge in [-0.2, -0.15) is 0 Å². The molecule has 0 saturated carbocycles. The van der Waals surface area contributed by atoms with Crippen LogP contribution in [0.4, 0.5) is 0 Å². The maximum Gasteiger partial charge on any atom is 0.228 e. The van der Waals surface area contributed by atoms with Crippen molar-refractivity contribution in [1.82, 2.24) is 14.3 Å². The van der Waals surface area contributed by atoms with Crippen LogP contribution in [-0.2, 0) is 11.2 Å². The first kappa shape index (κ1) is 18.5. The molecule has 1 aromatic carbocycles. The number of pyridine rings is 1. The first-order valence-electron chi connectivity index (χ1n) is 9.13. The van der Waals surface area contributed by atoms with Gasteiger partial charge in [0.2, 0.25) is 5.91 Å². The van der Waals surface area contributed by atoms with Crippen LogP contribution in [0.2, 0.25) is 5.02 Å². The van der Waals surface area contributed by atoms with Crippen molar-refractivity contribution in [3.8, 4) is 11.3 Å². The monoisotopic (exact) mass is 369 g/mol. The van der Waals surface area contributed by atoms with Crippen molar-refractivity contribution in [3.63, 3.8) is 0 Å². The summed E-state index contributed by atoms with van der Waals surface area (Å²) < 4.78 is 2.01. The van der Waals surface area contributed by atoms with Crippen LogP contribution in [0.25, 0.3) is 16.9 Å². The standard InChI is InChI=1S/C21H24ClN3O/c1-3-5-13-24(4-2)20(26)15-18-21(16-9-11-17(22)12-10-16)23-19-8-6-7-14-25(18)19/h6-12,14H,3-5,13,15H2,1-2H3. The number of benzene rings is 1. The topological polar surface area (TPSA) is 37.6 Å². The van der Waals surface area contributed by atoms with Crippen molar-refractivity contribution in [3.05, 3.63) is 59.4 Å². The molecule has 5 heteroatoms. The number of hydrogen-bond donors (Lipinski definition) is 0. The van der Waals surface area contributed by atoms with Gasteiger partial charge in [0.1, 0.15) is 5.65 Å². The molecule has 0 spiro atoms. The normalized spacial score (nSPS) is 11.0. The van der Waals surface area contributed by atoms with Crippen LogP contribution < -0.4 is 0 Å². The molecule has 3 aromatic rings. The first-order valence-corrected chi connectivity index (χ1v) is 9.51. The van der Waals surface area contributed by atoms with Crippen molar-refractivity contribution in [2.75, 3.05) is 13.1 Å². The van der Waals surface area contributed by atoms with Crippen molar-refractivity contribution in [2.45, 2.75) is 33.1 Å². The lowest BCUT2D eigenvalue weighted by Gasteiger charge is -2.20. The van der Waals surface area contributed by atoms with Crippen LogP contribution in [0.3, 0.4) is 0 Å². The molecule has 0 radical (unpaired) electrons. The number of fused-ring (bicyclic) bond motifs is 1. The van der Waals surface area contributed by atoms with E-state index in [2.05, 4.69) is 6.92 Å². The molecule has 2 aromatic heterocycles. The highest BCUT2D eigenvalue weighted by molar-refractivity contribution is 6.30. The van der Waals surface area contributed by atoms with E-state index in [4.69, 9.17) is 16.6 Å². The number of hydrogen-bond acceptors (Lipinski definition) is 2. The Bertz CT molecular complexity index is 886. The zero-order chi connectivity index (χ0) is 18.5. The van der Waals surface area contributed by atoms with Gasteiger partial charge in [0.15, 0.2) is 0 Å². The Kier molecular flexibility index (Phi) is 5.94. The van der Waals surface area contributed by atoms with E-state index in [9.17, 15) is 4.79 Å². The van der Waals surface area contributed by atoms with Gasteiger partial charge < -0.3 is 9.30 Å². The van der Waals surface area contributed by atoms with Gasteiger partial charge in [-0.25, -0.2) is 4.98 Å². The molecule has 2 heterocycles. The van der Waals surface area contributed by atoms with Crippen LogP contribution in [0.15, 0.2) is 48.7 Å². The van der Waals surface area contributed by atoms with Crippen molar-refractivity contribution in [2.24, 2.45) is 0 Å². The molecule has 0 unspecified atom stereocenters. The van der Waals surface area contributed by atoms with Gasteiger partial charge in [-0.15, -0.1) is 0 Å². The van der Waals surface area contributed by atoms with E-state index in [0.29, 0.717) is 11.4 Å². The van der Waals surface area contributed by atoms with Gasteiger partial charge in [0.25, 0.3) is 0 Å². The van der Waals surface area contributed by atoms with Gasteiger partial charge in [0, 0.05) is 29.9 Å². The van der Waals surface area contributed by atoms with E-state index in [1.807, 2.05) is 64.9 Å². The van der Waals surface area contributed by atoms with E-state index < -0.39 is 0 Å². The maximum atomic E-state index is 12.9. The van der Waals surface area contributed by atoms with Gasteiger partial charge in [-0.1, -0.05) is 43.1 Å². The van der Waals surface area contributed by atoms with E-state index >= 15 is 0 Å². The fourth-order valence-electron chi connectivity index (χ4n) is 3.12. The Hall–Kier alpha value is -2.33. The highest BCUT2D eigenvalue weighted by Gasteiger charge is 2.19. The Labute approximate surface area is 159 Å². The molecule has 0 fully saturated rings. The van der Waals surface area contributed by atoms with E-state index in [-0.39, 0.29) is 5.91 Å². The van der Waals surface area contributed by atoms with Crippen molar-refractivity contribution >= 4 is 23.2 Å². The number of unbranched alkanes of at least 4 members (excludes halogenated alkanes) is 1. The van der Waals surface area contributed by atoms with E-state index in [0.717, 1.165) is 48.5 Å². The lowest BCUT2D eigenvalue weighted by atomic mass is 10.1. The van der Waals surface area contributed by atoms with Gasteiger partial charge in [0.05, 0.1) is 17.8 Å². The zero-order valence-corrected chi connectivity index (χ0v) is 16.0. The smallest absolute Gasteiger partial charge is 0.228 e. The number of imidazole rings is 1. The highest BCUT2D eigenvalue weighted by atomic mass is 35.5. The Balaban J connectivity index is 1.99. The molecule has 0 N–H and O–H groups in total. The van der Waals surface area contributed by atoms with E-state index in [1.165, 1.54) is 0 Å². The lowest BCUT2D eigenvalue weighted by Crippen LogP contribution is -2.33. The molecular weight excluding hydrogens is 346 g/mol. The van der Waals surface area contributed by atoms with Crippen LogP contribution in [0.1, 0.15) is 32.4 Å². The molecule has 0 aliphatic carbocycles. The Morgan fingerprint density at radius 2 is 1.92 bits per heavy atom. The first-order chi connectivity index (χ1) is 12.6. The summed E-state index contributed by atoms with van der Waals surface area (Å²) in [5, 5.41) is 0.687. The third-order valence-corrected chi connectivity index (χ3v) is 4.83. The predicted molar refractivity (Wildman–Crippen MR) is 107 cm³/mol. The molecule has 0 saturated heterocycles. The summed E-state index contributed by atoms with van der Waals surface area (Å²) in [6, 6.07) is 13.5. The van der Waals surface area contributed by atoms with Crippen molar-refractivity contribution in [1.29, 1.82) is 0 Å². The number of carbonyl (C=O) groups is 1. The third-order valence-electron chi connectivity index (χ3n) is 4.58.